The summed E-state index contributed by atoms with van der Waals surface area (Å²) in [4.78, 5) is 23.6. The molecule has 2 rings (SSSR count). The highest BCUT2D eigenvalue weighted by Gasteiger charge is 2.30. The predicted molar refractivity (Wildman–Crippen MR) is 70.7 cm³/mol. The van der Waals surface area contributed by atoms with Crippen LogP contribution in [0, 0.1) is 0 Å². The van der Waals surface area contributed by atoms with E-state index in [1.165, 1.54) is 0 Å². The first-order valence-corrected chi connectivity index (χ1v) is 6.38. The Bertz CT molecular complexity index is 488. The van der Waals surface area contributed by atoms with E-state index in [4.69, 9.17) is 0 Å². The maximum Gasteiger partial charge on any atom is 0.259 e. The van der Waals surface area contributed by atoms with Crippen LogP contribution in [0.3, 0.4) is 0 Å². The number of rotatable bonds is 5. The average molecular weight is 243 g/mol. The lowest BCUT2D eigenvalue weighted by Crippen LogP contribution is -2.23. The van der Waals surface area contributed by atoms with Gasteiger partial charge < -0.3 is 0 Å². The van der Waals surface area contributed by atoms with E-state index in [1.807, 2.05) is 30.3 Å². The molecule has 0 aromatic heterocycles. The molecule has 2 amide bonds. The Hall–Kier alpha value is -1.90. The molecular formula is C15H17NO2. The van der Waals surface area contributed by atoms with Crippen molar-refractivity contribution in [3.8, 4) is 0 Å². The Morgan fingerprint density at radius 3 is 2.39 bits per heavy atom. The molecule has 0 radical (unpaired) electrons. The van der Waals surface area contributed by atoms with Gasteiger partial charge in [0.2, 0.25) is 0 Å². The predicted octanol–water partition coefficient (Wildman–Crippen LogP) is 2.68. The molecule has 0 saturated heterocycles. The van der Waals surface area contributed by atoms with Crippen molar-refractivity contribution in [2.24, 2.45) is 0 Å². The Balaban J connectivity index is 2.31. The average Bonchev–Trinajstić information content (AvgIpc) is 2.66. The lowest BCUT2D eigenvalue weighted by atomic mass is 9.98. The highest BCUT2D eigenvalue weighted by molar-refractivity contribution is 6.35. The van der Waals surface area contributed by atoms with Gasteiger partial charge in [-0.25, -0.2) is 0 Å². The summed E-state index contributed by atoms with van der Waals surface area (Å²) in [6.45, 7) is 2.12. The molecule has 1 aromatic carbocycles. The summed E-state index contributed by atoms with van der Waals surface area (Å²) in [5.74, 6) is -0.493. The van der Waals surface area contributed by atoms with E-state index in [-0.39, 0.29) is 11.8 Å². The summed E-state index contributed by atoms with van der Waals surface area (Å²) in [6, 6.07) is 9.39. The number of hydrogen-bond donors (Lipinski definition) is 1. The van der Waals surface area contributed by atoms with Gasteiger partial charge in [-0.2, -0.15) is 0 Å². The summed E-state index contributed by atoms with van der Waals surface area (Å²) in [7, 11) is 0. The molecule has 1 aliphatic heterocycles. The lowest BCUT2D eigenvalue weighted by molar-refractivity contribution is -0.123. The first-order chi connectivity index (χ1) is 8.74. The Morgan fingerprint density at radius 1 is 1.00 bits per heavy atom. The van der Waals surface area contributed by atoms with Crippen molar-refractivity contribution in [2.75, 3.05) is 0 Å². The van der Waals surface area contributed by atoms with Crippen LogP contribution in [-0.2, 0) is 9.59 Å². The Kier molecular flexibility index (Phi) is 3.92. The smallest absolute Gasteiger partial charge is 0.259 e. The summed E-state index contributed by atoms with van der Waals surface area (Å²) in [6.07, 6.45) is 3.80. The van der Waals surface area contributed by atoms with E-state index in [1.54, 1.807) is 0 Å². The van der Waals surface area contributed by atoms with Gasteiger partial charge in [-0.15, -0.1) is 0 Å². The van der Waals surface area contributed by atoms with E-state index >= 15 is 0 Å². The quantitative estimate of drug-likeness (QED) is 0.638. The second kappa shape index (κ2) is 5.63. The van der Waals surface area contributed by atoms with Crippen LogP contribution in [0.2, 0.25) is 0 Å². The molecule has 3 heteroatoms. The normalized spacial score (nSPS) is 15.2. The number of imide groups is 1. The molecule has 18 heavy (non-hydrogen) atoms. The number of unbranched alkanes of at least 4 members (excludes halogenated alkanes) is 2. The zero-order chi connectivity index (χ0) is 13.0. The van der Waals surface area contributed by atoms with Gasteiger partial charge in [-0.05, 0) is 18.4 Å². The lowest BCUT2D eigenvalue weighted by Gasteiger charge is -2.03. The standard InChI is InChI=1S/C15H17NO2/c1-2-3-5-10-12-13(15(18)16-14(12)17)11-8-6-4-7-9-11/h4,6-9H,2-3,5,10H2,1H3,(H,16,17,18). The van der Waals surface area contributed by atoms with E-state index in [2.05, 4.69) is 12.2 Å². The fourth-order valence-electron chi connectivity index (χ4n) is 2.19. The van der Waals surface area contributed by atoms with E-state index in [0.29, 0.717) is 17.6 Å². The number of benzene rings is 1. The largest absolute Gasteiger partial charge is 0.288 e. The molecule has 0 unspecified atom stereocenters. The van der Waals surface area contributed by atoms with Crippen LogP contribution in [-0.4, -0.2) is 11.8 Å². The molecule has 1 N–H and O–H groups in total. The second-order valence-electron chi connectivity index (χ2n) is 4.46. The van der Waals surface area contributed by atoms with E-state index in [0.717, 1.165) is 24.8 Å². The van der Waals surface area contributed by atoms with Gasteiger partial charge in [0, 0.05) is 5.57 Å². The molecule has 0 fully saturated rings. The molecule has 94 valence electrons. The highest BCUT2D eigenvalue weighted by atomic mass is 16.2. The number of amides is 2. The molecule has 0 aliphatic carbocycles. The van der Waals surface area contributed by atoms with Crippen LogP contribution in [0.15, 0.2) is 35.9 Å². The Morgan fingerprint density at radius 2 is 1.72 bits per heavy atom. The first kappa shape index (κ1) is 12.6. The summed E-state index contributed by atoms with van der Waals surface area (Å²) in [5, 5.41) is 2.39. The molecule has 0 atom stereocenters. The second-order valence-corrected chi connectivity index (χ2v) is 4.46. The molecule has 0 spiro atoms. The maximum atomic E-state index is 11.8. The van der Waals surface area contributed by atoms with Crippen LogP contribution in [0.5, 0.6) is 0 Å². The molecule has 0 bridgehead atoms. The van der Waals surface area contributed by atoms with E-state index in [9.17, 15) is 9.59 Å². The number of hydrogen-bond acceptors (Lipinski definition) is 2. The van der Waals surface area contributed by atoms with Crippen molar-refractivity contribution in [1.82, 2.24) is 5.32 Å². The van der Waals surface area contributed by atoms with Gasteiger partial charge in [0.1, 0.15) is 0 Å². The summed E-state index contributed by atoms with van der Waals surface area (Å²) < 4.78 is 0. The Labute approximate surface area is 107 Å². The van der Waals surface area contributed by atoms with Gasteiger partial charge in [0.05, 0.1) is 5.57 Å². The van der Waals surface area contributed by atoms with Crippen molar-refractivity contribution in [1.29, 1.82) is 0 Å². The molecule has 1 heterocycles. The van der Waals surface area contributed by atoms with Crippen molar-refractivity contribution in [3.05, 3.63) is 41.5 Å². The van der Waals surface area contributed by atoms with Gasteiger partial charge in [-0.3, -0.25) is 14.9 Å². The zero-order valence-electron chi connectivity index (χ0n) is 10.5. The monoisotopic (exact) mass is 243 g/mol. The topological polar surface area (TPSA) is 46.2 Å². The minimum atomic E-state index is -0.266. The SMILES string of the molecule is CCCCCC1=C(c2ccccc2)C(=O)NC1=O. The number of carbonyl (C=O) groups excluding carboxylic acids is 2. The summed E-state index contributed by atoms with van der Waals surface area (Å²) in [5.41, 5.74) is 2.02. The highest BCUT2D eigenvalue weighted by Crippen LogP contribution is 2.27. The third-order valence-corrected chi connectivity index (χ3v) is 3.12. The number of carbonyl (C=O) groups is 2. The van der Waals surface area contributed by atoms with Gasteiger partial charge in [0.25, 0.3) is 11.8 Å². The molecular weight excluding hydrogens is 226 g/mol. The van der Waals surface area contributed by atoms with Crippen molar-refractivity contribution in [2.45, 2.75) is 32.6 Å². The van der Waals surface area contributed by atoms with Crippen molar-refractivity contribution < 1.29 is 9.59 Å². The zero-order valence-corrected chi connectivity index (χ0v) is 10.5. The van der Waals surface area contributed by atoms with Crippen LogP contribution in [0.1, 0.15) is 38.2 Å². The van der Waals surface area contributed by atoms with Crippen LogP contribution in [0.25, 0.3) is 5.57 Å². The van der Waals surface area contributed by atoms with Crippen molar-refractivity contribution >= 4 is 17.4 Å². The molecule has 1 aromatic rings. The van der Waals surface area contributed by atoms with Gasteiger partial charge in [0.15, 0.2) is 0 Å². The third-order valence-electron chi connectivity index (χ3n) is 3.12. The third kappa shape index (κ3) is 2.50. The maximum absolute atomic E-state index is 11.8. The van der Waals surface area contributed by atoms with E-state index < -0.39 is 0 Å². The summed E-state index contributed by atoms with van der Waals surface area (Å²) >= 11 is 0. The van der Waals surface area contributed by atoms with Crippen molar-refractivity contribution in [3.63, 3.8) is 0 Å². The van der Waals surface area contributed by atoms with Crippen LogP contribution in [0.4, 0.5) is 0 Å². The molecule has 3 nitrogen and oxygen atoms in total. The number of nitrogens with one attached hydrogen (secondary N) is 1. The minimum Gasteiger partial charge on any atom is -0.288 e. The minimum absolute atomic E-state index is 0.227. The molecule has 1 aliphatic rings. The van der Waals surface area contributed by atoms with Gasteiger partial charge in [-0.1, -0.05) is 50.1 Å². The molecule has 0 saturated carbocycles. The van der Waals surface area contributed by atoms with Crippen LogP contribution < -0.4 is 5.32 Å². The fraction of sp³-hybridized carbons (Fsp3) is 0.333. The fourth-order valence-corrected chi connectivity index (χ4v) is 2.19. The van der Waals surface area contributed by atoms with Crippen LogP contribution >= 0.6 is 0 Å². The first-order valence-electron chi connectivity index (χ1n) is 6.38. The van der Waals surface area contributed by atoms with Gasteiger partial charge >= 0.3 is 0 Å².